The molecule has 3 heterocycles. The first-order chi connectivity index (χ1) is 10.6. The van der Waals surface area contributed by atoms with Crippen molar-refractivity contribution in [3.05, 3.63) is 47.4 Å². The van der Waals surface area contributed by atoms with Crippen molar-refractivity contribution < 1.29 is 9.90 Å². The topological polar surface area (TPSA) is 80.4 Å². The summed E-state index contributed by atoms with van der Waals surface area (Å²) >= 11 is 0. The van der Waals surface area contributed by atoms with Gasteiger partial charge in [0.15, 0.2) is 5.65 Å². The maximum atomic E-state index is 10.8. The highest BCUT2D eigenvalue weighted by Gasteiger charge is 2.14. The molecule has 0 aromatic carbocycles. The van der Waals surface area contributed by atoms with Crippen molar-refractivity contribution in [3.63, 3.8) is 0 Å². The van der Waals surface area contributed by atoms with Crippen LogP contribution in [0.15, 0.2) is 30.5 Å². The number of hydrogen-bond acceptors (Lipinski definition) is 4. The molecule has 3 aromatic rings. The molecule has 1 N–H and O–H groups in total. The number of nitrogens with zero attached hydrogens (tertiary/aromatic N) is 4. The predicted molar refractivity (Wildman–Crippen MR) is 81.6 cm³/mol. The molecular formula is C16H16N4O2. The van der Waals surface area contributed by atoms with Gasteiger partial charge in [0, 0.05) is 30.1 Å². The molecular weight excluding hydrogens is 280 g/mol. The Morgan fingerprint density at radius 2 is 2.09 bits per heavy atom. The van der Waals surface area contributed by atoms with Crippen LogP contribution in [0.5, 0.6) is 0 Å². The molecule has 6 heteroatoms. The molecule has 22 heavy (non-hydrogen) atoms. The Morgan fingerprint density at radius 3 is 2.77 bits per heavy atom. The van der Waals surface area contributed by atoms with Gasteiger partial charge in [-0.25, -0.2) is 9.50 Å². The second-order valence-electron chi connectivity index (χ2n) is 5.17. The minimum Gasteiger partial charge on any atom is -0.481 e. The minimum absolute atomic E-state index is 0.0865. The molecule has 0 aliphatic carbocycles. The minimum atomic E-state index is -0.812. The zero-order chi connectivity index (χ0) is 15.7. The van der Waals surface area contributed by atoms with E-state index in [0.717, 1.165) is 34.0 Å². The van der Waals surface area contributed by atoms with Gasteiger partial charge in [0.2, 0.25) is 0 Å². The van der Waals surface area contributed by atoms with Gasteiger partial charge in [-0.05, 0) is 38.0 Å². The molecule has 3 aromatic heterocycles. The molecule has 0 fully saturated rings. The third-order valence-corrected chi connectivity index (χ3v) is 3.68. The molecule has 0 saturated heterocycles. The lowest BCUT2D eigenvalue weighted by Gasteiger charge is -2.09. The van der Waals surface area contributed by atoms with Gasteiger partial charge in [0.05, 0.1) is 5.69 Å². The quantitative estimate of drug-likeness (QED) is 0.799. The van der Waals surface area contributed by atoms with Crippen LogP contribution in [0.3, 0.4) is 0 Å². The number of fused-ring (bicyclic) bond motifs is 1. The van der Waals surface area contributed by atoms with E-state index in [4.69, 9.17) is 5.11 Å². The van der Waals surface area contributed by atoms with Gasteiger partial charge in [0.1, 0.15) is 5.69 Å². The van der Waals surface area contributed by atoms with Crippen LogP contribution in [-0.2, 0) is 11.2 Å². The van der Waals surface area contributed by atoms with Crippen LogP contribution in [0.4, 0.5) is 0 Å². The third-order valence-electron chi connectivity index (χ3n) is 3.68. The predicted octanol–water partition coefficient (Wildman–Crippen LogP) is 2.43. The van der Waals surface area contributed by atoms with E-state index in [1.54, 1.807) is 10.7 Å². The van der Waals surface area contributed by atoms with E-state index in [1.165, 1.54) is 0 Å². The second kappa shape index (κ2) is 5.55. The number of pyridine rings is 1. The van der Waals surface area contributed by atoms with Crippen molar-refractivity contribution in [1.29, 1.82) is 0 Å². The molecule has 0 aliphatic heterocycles. The second-order valence-corrected chi connectivity index (χ2v) is 5.17. The maximum absolute atomic E-state index is 10.8. The number of carbonyl (C=O) groups is 1. The van der Waals surface area contributed by atoms with Gasteiger partial charge < -0.3 is 5.11 Å². The molecule has 0 spiro atoms. The van der Waals surface area contributed by atoms with Gasteiger partial charge in [-0.2, -0.15) is 5.10 Å². The fourth-order valence-electron chi connectivity index (χ4n) is 2.56. The van der Waals surface area contributed by atoms with Crippen molar-refractivity contribution in [2.24, 2.45) is 0 Å². The molecule has 0 amide bonds. The number of carboxylic acids is 1. The molecule has 0 saturated carbocycles. The zero-order valence-corrected chi connectivity index (χ0v) is 12.4. The zero-order valence-electron chi connectivity index (χ0n) is 12.4. The Bertz CT molecular complexity index is 840. The summed E-state index contributed by atoms with van der Waals surface area (Å²) in [6.07, 6.45) is 2.27. The summed E-state index contributed by atoms with van der Waals surface area (Å²) in [4.78, 5) is 19.6. The summed E-state index contributed by atoms with van der Waals surface area (Å²) in [5.74, 6) is -0.812. The summed E-state index contributed by atoms with van der Waals surface area (Å²) in [7, 11) is 0. The van der Waals surface area contributed by atoms with Crippen LogP contribution in [0.2, 0.25) is 0 Å². The highest BCUT2D eigenvalue weighted by molar-refractivity contribution is 5.67. The Labute approximate surface area is 127 Å². The van der Waals surface area contributed by atoms with Crippen molar-refractivity contribution >= 4 is 11.6 Å². The molecule has 112 valence electrons. The fraction of sp³-hybridized carbons (Fsp3) is 0.250. The van der Waals surface area contributed by atoms with Crippen molar-refractivity contribution in [1.82, 2.24) is 19.6 Å². The number of aliphatic carboxylic acids is 1. The molecule has 0 atom stereocenters. The van der Waals surface area contributed by atoms with E-state index in [0.29, 0.717) is 6.42 Å². The van der Waals surface area contributed by atoms with E-state index >= 15 is 0 Å². The molecule has 6 nitrogen and oxygen atoms in total. The van der Waals surface area contributed by atoms with E-state index < -0.39 is 5.97 Å². The summed E-state index contributed by atoms with van der Waals surface area (Å²) in [5.41, 5.74) is 4.99. The van der Waals surface area contributed by atoms with Crippen LogP contribution in [-0.4, -0.2) is 30.7 Å². The first-order valence-corrected chi connectivity index (χ1v) is 7.05. The van der Waals surface area contributed by atoms with Gasteiger partial charge in [0.25, 0.3) is 0 Å². The van der Waals surface area contributed by atoms with E-state index in [9.17, 15) is 4.79 Å². The van der Waals surface area contributed by atoms with E-state index in [2.05, 4.69) is 15.1 Å². The van der Waals surface area contributed by atoms with Crippen LogP contribution >= 0.6 is 0 Å². The van der Waals surface area contributed by atoms with E-state index in [-0.39, 0.29) is 6.42 Å². The van der Waals surface area contributed by atoms with Crippen LogP contribution < -0.4 is 0 Å². The first-order valence-electron chi connectivity index (χ1n) is 7.05. The van der Waals surface area contributed by atoms with Crippen molar-refractivity contribution in [2.75, 3.05) is 0 Å². The lowest BCUT2D eigenvalue weighted by molar-refractivity contribution is -0.136. The largest absolute Gasteiger partial charge is 0.481 e. The highest BCUT2D eigenvalue weighted by Crippen LogP contribution is 2.21. The van der Waals surface area contributed by atoms with Crippen molar-refractivity contribution in [2.45, 2.75) is 26.7 Å². The molecule has 0 aliphatic rings. The van der Waals surface area contributed by atoms with E-state index in [1.807, 2.05) is 38.1 Å². The maximum Gasteiger partial charge on any atom is 0.303 e. The van der Waals surface area contributed by atoms with Crippen molar-refractivity contribution in [3.8, 4) is 11.4 Å². The summed E-state index contributed by atoms with van der Waals surface area (Å²) < 4.78 is 1.76. The summed E-state index contributed by atoms with van der Waals surface area (Å²) in [6.45, 7) is 3.84. The first kappa shape index (κ1) is 14.2. The van der Waals surface area contributed by atoms with Crippen LogP contribution in [0.25, 0.3) is 17.0 Å². The molecule has 3 rings (SSSR count). The number of rotatable bonds is 4. The van der Waals surface area contributed by atoms with Gasteiger partial charge in [-0.15, -0.1) is 0 Å². The number of aryl methyl sites for hydroxylation is 2. The van der Waals surface area contributed by atoms with Gasteiger partial charge in [-0.3, -0.25) is 9.78 Å². The lowest BCUT2D eigenvalue weighted by atomic mass is 10.1. The lowest BCUT2D eigenvalue weighted by Crippen LogP contribution is -2.07. The fourth-order valence-corrected chi connectivity index (χ4v) is 2.56. The normalized spacial score (nSPS) is 11.0. The smallest absolute Gasteiger partial charge is 0.303 e. The number of aromatic nitrogens is 4. The highest BCUT2D eigenvalue weighted by atomic mass is 16.4. The molecule has 0 bridgehead atoms. The molecule has 0 unspecified atom stereocenters. The van der Waals surface area contributed by atoms with Gasteiger partial charge >= 0.3 is 5.97 Å². The Kier molecular flexibility index (Phi) is 3.58. The average Bonchev–Trinajstić information content (AvgIpc) is 2.92. The monoisotopic (exact) mass is 296 g/mol. The summed E-state index contributed by atoms with van der Waals surface area (Å²) in [5, 5.41) is 13.4. The van der Waals surface area contributed by atoms with Gasteiger partial charge in [-0.1, -0.05) is 6.07 Å². The third kappa shape index (κ3) is 2.55. The standard InChI is InChI=1S/C16H16N4O2/c1-10-12(6-7-16(21)22)11(2)20-15(18-10)9-14(19-20)13-5-3-4-8-17-13/h3-5,8-9H,6-7H2,1-2H3,(H,21,22). The number of hydrogen-bond donors (Lipinski definition) is 1. The average molecular weight is 296 g/mol. The summed E-state index contributed by atoms with van der Waals surface area (Å²) in [6, 6.07) is 7.56. The van der Waals surface area contributed by atoms with Crippen LogP contribution in [0.1, 0.15) is 23.4 Å². The van der Waals surface area contributed by atoms with Crippen LogP contribution in [0, 0.1) is 13.8 Å². The Morgan fingerprint density at radius 1 is 1.27 bits per heavy atom. The molecule has 0 radical (unpaired) electrons. The SMILES string of the molecule is Cc1nc2cc(-c3ccccn3)nn2c(C)c1CCC(=O)O. The Hall–Kier alpha value is -2.76. The Balaban J connectivity index is 2.09. The number of carboxylic acid groups (broad SMARTS) is 1.